The molecule has 0 aliphatic heterocycles. The summed E-state index contributed by atoms with van der Waals surface area (Å²) in [6.07, 6.45) is 0. The van der Waals surface area contributed by atoms with E-state index in [1.807, 2.05) is 0 Å². The van der Waals surface area contributed by atoms with Gasteiger partial charge in [0.15, 0.2) is 0 Å². The van der Waals surface area contributed by atoms with Gasteiger partial charge >= 0.3 is 5.97 Å². The summed E-state index contributed by atoms with van der Waals surface area (Å²) in [5, 5.41) is 6.74. The van der Waals surface area contributed by atoms with Crippen molar-refractivity contribution >= 4 is 29.1 Å². The van der Waals surface area contributed by atoms with Gasteiger partial charge in [-0.1, -0.05) is 6.07 Å². The van der Waals surface area contributed by atoms with Gasteiger partial charge in [0, 0.05) is 0 Å². The number of hydrogen-bond acceptors (Lipinski definition) is 5. The third-order valence-corrected chi connectivity index (χ3v) is 3.16. The van der Waals surface area contributed by atoms with E-state index in [4.69, 9.17) is 4.74 Å². The molecule has 0 fully saturated rings. The number of amides is 2. The SMILES string of the molecule is C[C@@H](NC(=O)CNC(=O)c1cccs1)C(=O)OC(C)(C)C. The summed E-state index contributed by atoms with van der Waals surface area (Å²) in [4.78, 5) is 35.5. The van der Waals surface area contributed by atoms with Crippen LogP contribution in [0.25, 0.3) is 0 Å². The summed E-state index contributed by atoms with van der Waals surface area (Å²) in [6, 6.07) is 2.65. The minimum atomic E-state index is -0.768. The van der Waals surface area contributed by atoms with Crippen LogP contribution in [-0.2, 0) is 14.3 Å². The van der Waals surface area contributed by atoms with Gasteiger partial charge in [-0.3, -0.25) is 9.59 Å². The van der Waals surface area contributed by atoms with Gasteiger partial charge in [0.05, 0.1) is 11.4 Å². The van der Waals surface area contributed by atoms with Gasteiger partial charge in [-0.15, -0.1) is 11.3 Å². The van der Waals surface area contributed by atoms with Crippen molar-refractivity contribution in [3.63, 3.8) is 0 Å². The smallest absolute Gasteiger partial charge is 0.328 e. The highest BCUT2D eigenvalue weighted by molar-refractivity contribution is 7.12. The minimum Gasteiger partial charge on any atom is -0.458 e. The van der Waals surface area contributed by atoms with Crippen LogP contribution in [-0.4, -0.2) is 36.0 Å². The largest absolute Gasteiger partial charge is 0.458 e. The van der Waals surface area contributed by atoms with Gasteiger partial charge in [-0.05, 0) is 39.1 Å². The second kappa shape index (κ2) is 7.21. The van der Waals surface area contributed by atoms with E-state index in [1.54, 1.807) is 38.3 Å². The average molecular weight is 312 g/mol. The van der Waals surface area contributed by atoms with Gasteiger partial charge in [-0.2, -0.15) is 0 Å². The zero-order valence-corrected chi connectivity index (χ0v) is 13.4. The number of hydrogen-bond donors (Lipinski definition) is 2. The Morgan fingerprint density at radius 3 is 2.52 bits per heavy atom. The Kier molecular flexibility index (Phi) is 5.90. The Balaban J connectivity index is 2.36. The number of thiophene rings is 1. The summed E-state index contributed by atoms with van der Waals surface area (Å²) in [5.74, 6) is -1.27. The maximum absolute atomic E-state index is 11.7. The fourth-order valence-corrected chi connectivity index (χ4v) is 2.04. The summed E-state index contributed by atoms with van der Waals surface area (Å²) < 4.78 is 5.15. The molecule has 0 saturated carbocycles. The predicted molar refractivity (Wildman–Crippen MR) is 80.1 cm³/mol. The van der Waals surface area contributed by atoms with Crippen LogP contribution in [0.1, 0.15) is 37.4 Å². The lowest BCUT2D eigenvalue weighted by molar-refractivity contribution is -0.158. The summed E-state index contributed by atoms with van der Waals surface area (Å²) in [5.41, 5.74) is -0.608. The number of ether oxygens (including phenoxy) is 1. The molecule has 6 nitrogen and oxygen atoms in total. The van der Waals surface area contributed by atoms with E-state index in [0.717, 1.165) is 0 Å². The first-order chi connectivity index (χ1) is 9.69. The molecule has 0 bridgehead atoms. The van der Waals surface area contributed by atoms with Crippen LogP contribution in [0.2, 0.25) is 0 Å². The van der Waals surface area contributed by atoms with E-state index in [-0.39, 0.29) is 12.5 Å². The van der Waals surface area contributed by atoms with Gasteiger partial charge < -0.3 is 15.4 Å². The normalized spacial score (nSPS) is 12.4. The van der Waals surface area contributed by atoms with Crippen LogP contribution >= 0.6 is 11.3 Å². The lowest BCUT2D eigenvalue weighted by Gasteiger charge is -2.22. The van der Waals surface area contributed by atoms with Crippen molar-refractivity contribution in [1.82, 2.24) is 10.6 Å². The molecule has 7 heteroatoms. The van der Waals surface area contributed by atoms with Gasteiger partial charge in [0.1, 0.15) is 11.6 Å². The molecule has 0 aromatic carbocycles. The Morgan fingerprint density at radius 2 is 2.00 bits per heavy atom. The summed E-state index contributed by atoms with van der Waals surface area (Å²) in [7, 11) is 0. The summed E-state index contributed by atoms with van der Waals surface area (Å²) in [6.45, 7) is 6.60. The standard InChI is InChI=1S/C14H20N2O4S/c1-9(13(19)20-14(2,3)4)16-11(17)8-15-12(18)10-6-5-7-21-10/h5-7,9H,8H2,1-4H3,(H,15,18)(H,16,17)/t9-/m1/s1. The monoisotopic (exact) mass is 312 g/mol. The Labute approximate surface area is 127 Å². The van der Waals surface area contributed by atoms with Crippen molar-refractivity contribution in [3.8, 4) is 0 Å². The van der Waals surface area contributed by atoms with Crippen LogP contribution in [0.15, 0.2) is 17.5 Å². The van der Waals surface area contributed by atoms with Crippen LogP contribution < -0.4 is 10.6 Å². The highest BCUT2D eigenvalue weighted by atomic mass is 32.1. The van der Waals surface area contributed by atoms with E-state index in [0.29, 0.717) is 4.88 Å². The Bertz CT molecular complexity index is 506. The number of nitrogens with one attached hydrogen (secondary N) is 2. The van der Waals surface area contributed by atoms with E-state index in [1.165, 1.54) is 18.3 Å². The van der Waals surface area contributed by atoms with Crippen molar-refractivity contribution in [2.24, 2.45) is 0 Å². The molecule has 116 valence electrons. The molecular weight excluding hydrogens is 292 g/mol. The van der Waals surface area contributed by atoms with Crippen LogP contribution in [0.5, 0.6) is 0 Å². The van der Waals surface area contributed by atoms with E-state index < -0.39 is 23.5 Å². The third kappa shape index (κ3) is 6.40. The molecule has 2 amide bonds. The minimum absolute atomic E-state index is 0.191. The lowest BCUT2D eigenvalue weighted by Crippen LogP contribution is -2.46. The van der Waals surface area contributed by atoms with Crippen molar-refractivity contribution in [2.75, 3.05) is 6.54 Å². The highest BCUT2D eigenvalue weighted by Crippen LogP contribution is 2.08. The van der Waals surface area contributed by atoms with Crippen molar-refractivity contribution in [3.05, 3.63) is 22.4 Å². The Morgan fingerprint density at radius 1 is 1.33 bits per heavy atom. The number of esters is 1. The molecule has 0 radical (unpaired) electrons. The maximum Gasteiger partial charge on any atom is 0.328 e. The zero-order valence-electron chi connectivity index (χ0n) is 12.6. The van der Waals surface area contributed by atoms with E-state index >= 15 is 0 Å². The molecule has 1 aromatic heterocycles. The van der Waals surface area contributed by atoms with Gasteiger partial charge in [0.2, 0.25) is 5.91 Å². The van der Waals surface area contributed by atoms with E-state index in [2.05, 4.69) is 10.6 Å². The molecule has 0 unspecified atom stereocenters. The fraction of sp³-hybridized carbons (Fsp3) is 0.500. The van der Waals surface area contributed by atoms with Gasteiger partial charge in [0.25, 0.3) is 5.91 Å². The molecule has 1 heterocycles. The molecule has 1 rings (SSSR count). The van der Waals surface area contributed by atoms with Crippen molar-refractivity contribution < 1.29 is 19.1 Å². The van der Waals surface area contributed by atoms with E-state index in [9.17, 15) is 14.4 Å². The summed E-state index contributed by atoms with van der Waals surface area (Å²) >= 11 is 1.29. The average Bonchev–Trinajstić information content (AvgIpc) is 2.87. The quantitative estimate of drug-likeness (QED) is 0.803. The second-order valence-corrected chi connectivity index (χ2v) is 6.43. The molecule has 1 aromatic rings. The first kappa shape index (κ1) is 17.2. The van der Waals surface area contributed by atoms with Crippen LogP contribution in [0, 0.1) is 0 Å². The van der Waals surface area contributed by atoms with Gasteiger partial charge in [-0.25, -0.2) is 4.79 Å². The maximum atomic E-state index is 11.7. The number of rotatable bonds is 5. The molecule has 0 saturated heterocycles. The third-order valence-electron chi connectivity index (χ3n) is 2.29. The molecule has 1 atom stereocenters. The molecule has 2 N–H and O–H groups in total. The molecule has 0 spiro atoms. The first-order valence-corrected chi connectivity index (χ1v) is 7.41. The second-order valence-electron chi connectivity index (χ2n) is 5.48. The number of carbonyl (C=O) groups excluding carboxylic acids is 3. The first-order valence-electron chi connectivity index (χ1n) is 6.53. The molecule has 0 aliphatic carbocycles. The zero-order chi connectivity index (χ0) is 16.0. The highest BCUT2D eigenvalue weighted by Gasteiger charge is 2.23. The predicted octanol–water partition coefficient (Wildman–Crippen LogP) is 1.32. The fourth-order valence-electron chi connectivity index (χ4n) is 1.40. The van der Waals surface area contributed by atoms with Crippen molar-refractivity contribution in [1.29, 1.82) is 0 Å². The Hall–Kier alpha value is -1.89. The van der Waals surface area contributed by atoms with Crippen LogP contribution in [0.3, 0.4) is 0 Å². The topological polar surface area (TPSA) is 84.5 Å². The lowest BCUT2D eigenvalue weighted by atomic mass is 10.2. The molecule has 0 aliphatic rings. The molecule has 21 heavy (non-hydrogen) atoms. The van der Waals surface area contributed by atoms with Crippen LogP contribution in [0.4, 0.5) is 0 Å². The number of carbonyl (C=O) groups is 3. The van der Waals surface area contributed by atoms with Crippen molar-refractivity contribution in [2.45, 2.75) is 39.3 Å². The molecular formula is C14H20N2O4S.